The fourth-order valence-electron chi connectivity index (χ4n) is 1.54. The van der Waals surface area contributed by atoms with Crippen molar-refractivity contribution in [1.29, 1.82) is 0 Å². The number of rotatable bonds is 4. The molecule has 1 aliphatic heterocycles. The summed E-state index contributed by atoms with van der Waals surface area (Å²) in [7, 11) is 0. The number of nitrogens with zero attached hydrogens (tertiary/aromatic N) is 2. The SMILES string of the molecule is CCCC[Se]C(=NC(C)(C)C)N1CCOCC1. The van der Waals surface area contributed by atoms with E-state index in [9.17, 15) is 0 Å². The Hall–Kier alpha value is -0.0505. The molecule has 0 bridgehead atoms. The Morgan fingerprint density at radius 2 is 1.94 bits per heavy atom. The van der Waals surface area contributed by atoms with Crippen LogP contribution >= 0.6 is 0 Å². The number of amidine groups is 1. The van der Waals surface area contributed by atoms with Gasteiger partial charge in [0.15, 0.2) is 0 Å². The summed E-state index contributed by atoms with van der Waals surface area (Å²) in [4.78, 5) is 7.35. The van der Waals surface area contributed by atoms with Gasteiger partial charge >= 0.3 is 112 Å². The van der Waals surface area contributed by atoms with E-state index in [1.54, 1.807) is 0 Å². The van der Waals surface area contributed by atoms with E-state index in [0.717, 1.165) is 26.3 Å². The molecule has 0 aromatic rings. The number of hydrogen-bond donors (Lipinski definition) is 0. The molecular formula is C13H26N2OSe. The molecule has 0 saturated carbocycles. The van der Waals surface area contributed by atoms with Gasteiger partial charge in [0.05, 0.1) is 0 Å². The van der Waals surface area contributed by atoms with E-state index in [4.69, 9.17) is 9.73 Å². The van der Waals surface area contributed by atoms with Crippen molar-refractivity contribution in [2.24, 2.45) is 4.99 Å². The Morgan fingerprint density at radius 3 is 2.47 bits per heavy atom. The predicted molar refractivity (Wildman–Crippen MR) is 75.0 cm³/mol. The van der Waals surface area contributed by atoms with E-state index in [0.29, 0.717) is 15.0 Å². The molecule has 0 N–H and O–H groups in total. The number of morpholine rings is 1. The quantitative estimate of drug-likeness (QED) is 0.345. The van der Waals surface area contributed by atoms with Gasteiger partial charge in [0.25, 0.3) is 0 Å². The number of ether oxygens (including phenoxy) is 1. The molecule has 0 aromatic heterocycles. The molecule has 0 aromatic carbocycles. The normalized spacial score (nSPS) is 18.6. The molecule has 1 rings (SSSR count). The van der Waals surface area contributed by atoms with E-state index in [2.05, 4.69) is 32.6 Å². The van der Waals surface area contributed by atoms with Crippen molar-refractivity contribution in [2.45, 2.75) is 51.4 Å². The molecule has 0 unspecified atom stereocenters. The minimum atomic E-state index is 0.0433. The summed E-state index contributed by atoms with van der Waals surface area (Å²) in [5, 5.41) is 1.32. The predicted octanol–water partition coefficient (Wildman–Crippen LogP) is 2.40. The molecule has 100 valence electrons. The van der Waals surface area contributed by atoms with Crippen LogP contribution in [0.1, 0.15) is 40.5 Å². The molecular weight excluding hydrogens is 279 g/mol. The van der Waals surface area contributed by atoms with Crippen LogP contribution in [0.3, 0.4) is 0 Å². The van der Waals surface area contributed by atoms with Gasteiger partial charge in [-0.05, 0) is 0 Å². The summed E-state index contributed by atoms with van der Waals surface area (Å²) < 4.78 is 6.76. The zero-order valence-electron chi connectivity index (χ0n) is 11.7. The van der Waals surface area contributed by atoms with Gasteiger partial charge in [-0.25, -0.2) is 0 Å². The van der Waals surface area contributed by atoms with Crippen LogP contribution in [0.4, 0.5) is 0 Å². The first-order valence-corrected chi connectivity index (χ1v) is 8.65. The first-order valence-electron chi connectivity index (χ1n) is 6.58. The summed E-state index contributed by atoms with van der Waals surface area (Å²) in [6.07, 6.45) is 2.61. The average molecular weight is 305 g/mol. The van der Waals surface area contributed by atoms with Gasteiger partial charge in [-0.15, -0.1) is 0 Å². The van der Waals surface area contributed by atoms with Crippen LogP contribution in [0, 0.1) is 0 Å². The molecule has 17 heavy (non-hydrogen) atoms. The van der Waals surface area contributed by atoms with Crippen LogP contribution in [0.5, 0.6) is 0 Å². The van der Waals surface area contributed by atoms with Crippen molar-refractivity contribution in [3.63, 3.8) is 0 Å². The molecule has 1 saturated heterocycles. The molecule has 0 aliphatic carbocycles. The van der Waals surface area contributed by atoms with Crippen LogP contribution in [0.2, 0.25) is 5.32 Å². The molecule has 3 nitrogen and oxygen atoms in total. The molecule has 4 heteroatoms. The van der Waals surface area contributed by atoms with Gasteiger partial charge in [0.1, 0.15) is 0 Å². The topological polar surface area (TPSA) is 24.8 Å². The average Bonchev–Trinajstić information content (AvgIpc) is 2.28. The molecule has 0 spiro atoms. The van der Waals surface area contributed by atoms with Crippen molar-refractivity contribution >= 4 is 19.7 Å². The third-order valence-corrected chi connectivity index (χ3v) is 4.75. The van der Waals surface area contributed by atoms with Crippen LogP contribution in [-0.2, 0) is 4.74 Å². The first-order chi connectivity index (χ1) is 8.03. The van der Waals surface area contributed by atoms with E-state index >= 15 is 0 Å². The zero-order chi connectivity index (χ0) is 12.7. The van der Waals surface area contributed by atoms with Crippen molar-refractivity contribution in [1.82, 2.24) is 4.90 Å². The van der Waals surface area contributed by atoms with Gasteiger partial charge < -0.3 is 0 Å². The maximum atomic E-state index is 5.42. The molecule has 1 heterocycles. The van der Waals surface area contributed by atoms with Crippen molar-refractivity contribution in [3.05, 3.63) is 0 Å². The maximum absolute atomic E-state index is 5.42. The number of aliphatic imine (C=N–C) groups is 1. The fourth-order valence-corrected chi connectivity index (χ4v) is 4.31. The standard InChI is InChI=1S/C13H26N2OSe/c1-5-6-11-17-12(14-13(2,3)4)15-7-9-16-10-8-15/h5-11H2,1-4H3. The second-order valence-corrected chi connectivity index (χ2v) is 7.59. The Morgan fingerprint density at radius 1 is 1.29 bits per heavy atom. The Bertz CT molecular complexity index is 242. The Kier molecular flexibility index (Phi) is 6.53. The second kappa shape index (κ2) is 7.40. The summed E-state index contributed by atoms with van der Waals surface area (Å²) in [6.45, 7) is 12.5. The summed E-state index contributed by atoms with van der Waals surface area (Å²) in [6, 6.07) is 0. The molecule has 1 fully saturated rings. The molecule has 0 amide bonds. The Labute approximate surface area is 112 Å². The van der Waals surface area contributed by atoms with E-state index < -0.39 is 0 Å². The van der Waals surface area contributed by atoms with Gasteiger partial charge in [0.2, 0.25) is 0 Å². The minimum absolute atomic E-state index is 0.0433. The van der Waals surface area contributed by atoms with E-state index in [-0.39, 0.29) is 5.54 Å². The zero-order valence-corrected chi connectivity index (χ0v) is 13.4. The van der Waals surface area contributed by atoms with Crippen LogP contribution in [-0.4, -0.2) is 56.4 Å². The van der Waals surface area contributed by atoms with Gasteiger partial charge in [-0.1, -0.05) is 0 Å². The van der Waals surface area contributed by atoms with E-state index in [1.165, 1.54) is 22.9 Å². The third kappa shape index (κ3) is 6.44. The third-order valence-electron chi connectivity index (χ3n) is 2.44. The van der Waals surface area contributed by atoms with Gasteiger partial charge in [0, 0.05) is 0 Å². The monoisotopic (exact) mass is 306 g/mol. The van der Waals surface area contributed by atoms with Crippen molar-refractivity contribution in [3.8, 4) is 0 Å². The second-order valence-electron chi connectivity index (χ2n) is 5.37. The summed E-state index contributed by atoms with van der Waals surface area (Å²) >= 11 is 0.528. The summed E-state index contributed by atoms with van der Waals surface area (Å²) in [5.41, 5.74) is 0.0433. The number of hydrogen-bond acceptors (Lipinski definition) is 2. The van der Waals surface area contributed by atoms with Crippen molar-refractivity contribution < 1.29 is 4.74 Å². The van der Waals surface area contributed by atoms with Crippen LogP contribution in [0.25, 0.3) is 0 Å². The Balaban J connectivity index is 2.60. The van der Waals surface area contributed by atoms with E-state index in [1.807, 2.05) is 0 Å². The van der Waals surface area contributed by atoms with Crippen LogP contribution in [0.15, 0.2) is 4.99 Å². The molecule has 0 atom stereocenters. The first kappa shape index (κ1) is 15.0. The van der Waals surface area contributed by atoms with Gasteiger partial charge in [-0.3, -0.25) is 0 Å². The summed E-state index contributed by atoms with van der Waals surface area (Å²) in [5.74, 6) is 0. The molecule has 0 radical (unpaired) electrons. The van der Waals surface area contributed by atoms with Crippen molar-refractivity contribution in [2.75, 3.05) is 26.3 Å². The number of unbranched alkanes of at least 4 members (excludes halogenated alkanes) is 1. The van der Waals surface area contributed by atoms with Crippen LogP contribution < -0.4 is 0 Å². The van der Waals surface area contributed by atoms with Gasteiger partial charge in [-0.2, -0.15) is 0 Å². The fraction of sp³-hybridized carbons (Fsp3) is 0.923. The molecule has 1 aliphatic rings.